The van der Waals surface area contributed by atoms with Crippen molar-refractivity contribution in [1.82, 2.24) is 19.7 Å². The molecule has 1 saturated heterocycles. The summed E-state index contributed by atoms with van der Waals surface area (Å²) in [5.41, 5.74) is -2.36. The summed E-state index contributed by atoms with van der Waals surface area (Å²) < 4.78 is 28.8. The lowest BCUT2D eigenvalue weighted by molar-refractivity contribution is -0.171. The number of benzene rings is 1. The molecule has 0 aliphatic carbocycles. The monoisotopic (exact) mass is 352 g/mol. The third kappa shape index (κ3) is 3.58. The number of nitrogens with zero attached hydrogens (tertiary/aromatic N) is 4. The van der Waals surface area contributed by atoms with Crippen molar-refractivity contribution in [2.75, 3.05) is 13.1 Å². The van der Waals surface area contributed by atoms with Gasteiger partial charge in [0.25, 0.3) is 0 Å². The first-order valence-electron chi connectivity index (χ1n) is 7.84. The Bertz CT molecular complexity index is 746. The number of hydrogen-bond acceptors (Lipinski definition) is 6. The minimum Gasteiger partial charge on any atom is -0.379 e. The average molecular weight is 352 g/mol. The summed E-state index contributed by atoms with van der Waals surface area (Å²) >= 11 is 0. The molecule has 7 nitrogen and oxygen atoms in total. The molecule has 2 aromatic rings. The molecule has 1 fully saturated rings. The number of rotatable bonds is 5. The SMILES string of the molecule is O=C1CCN([C@H](O)C(O)(Cn2cncn2)c2ccc(F)cc2F)CC1. The molecule has 1 aromatic carbocycles. The van der Waals surface area contributed by atoms with Crippen LogP contribution in [0.2, 0.25) is 0 Å². The van der Waals surface area contributed by atoms with E-state index in [1.807, 2.05) is 0 Å². The van der Waals surface area contributed by atoms with Crippen LogP contribution in [0, 0.1) is 11.6 Å². The predicted molar refractivity (Wildman–Crippen MR) is 82.1 cm³/mol. The molecule has 0 spiro atoms. The number of ketones is 1. The highest BCUT2D eigenvalue weighted by Gasteiger charge is 2.44. The molecule has 9 heteroatoms. The first kappa shape index (κ1) is 17.6. The number of aliphatic hydroxyl groups is 2. The Kier molecular flexibility index (Phi) is 4.89. The molecule has 3 rings (SSSR count). The van der Waals surface area contributed by atoms with Gasteiger partial charge in [0.05, 0.1) is 6.54 Å². The molecule has 0 bridgehead atoms. The van der Waals surface area contributed by atoms with E-state index < -0.39 is 23.5 Å². The summed E-state index contributed by atoms with van der Waals surface area (Å²) in [6, 6.07) is 2.76. The molecule has 2 N–H and O–H groups in total. The number of hydrogen-bond donors (Lipinski definition) is 2. The van der Waals surface area contributed by atoms with Crippen LogP contribution in [-0.4, -0.2) is 55.0 Å². The molecule has 0 radical (unpaired) electrons. The average Bonchev–Trinajstić information content (AvgIpc) is 3.07. The molecule has 2 atom stereocenters. The Morgan fingerprint density at radius 1 is 1.28 bits per heavy atom. The van der Waals surface area contributed by atoms with Gasteiger partial charge < -0.3 is 10.2 Å². The van der Waals surface area contributed by atoms with E-state index in [-0.39, 0.29) is 43.8 Å². The van der Waals surface area contributed by atoms with Crippen LogP contribution in [0.5, 0.6) is 0 Å². The Morgan fingerprint density at radius 3 is 2.60 bits per heavy atom. The number of halogens is 2. The van der Waals surface area contributed by atoms with Crippen molar-refractivity contribution in [1.29, 1.82) is 0 Å². The second-order valence-corrected chi connectivity index (χ2v) is 6.09. The molecule has 1 aliphatic heterocycles. The third-order valence-electron chi connectivity index (χ3n) is 4.40. The fourth-order valence-electron chi connectivity index (χ4n) is 3.03. The zero-order valence-corrected chi connectivity index (χ0v) is 13.3. The Hall–Kier alpha value is -2.23. The summed E-state index contributed by atoms with van der Waals surface area (Å²) in [6.07, 6.45) is 1.53. The molecule has 1 unspecified atom stereocenters. The maximum atomic E-state index is 14.3. The van der Waals surface area contributed by atoms with Gasteiger partial charge in [0.1, 0.15) is 36.3 Å². The molecule has 1 aromatic heterocycles. The Morgan fingerprint density at radius 2 is 2.00 bits per heavy atom. The zero-order valence-electron chi connectivity index (χ0n) is 13.3. The third-order valence-corrected chi connectivity index (χ3v) is 4.40. The van der Waals surface area contributed by atoms with Crippen molar-refractivity contribution in [3.8, 4) is 0 Å². The summed E-state index contributed by atoms with van der Waals surface area (Å²) in [5.74, 6) is -1.70. The van der Waals surface area contributed by atoms with Crippen molar-refractivity contribution in [2.24, 2.45) is 0 Å². The first-order chi connectivity index (χ1) is 11.9. The molecule has 0 amide bonds. The lowest BCUT2D eigenvalue weighted by Crippen LogP contribution is -2.55. The number of piperidine rings is 1. The van der Waals surface area contributed by atoms with Gasteiger partial charge in [-0.05, 0) is 6.07 Å². The van der Waals surface area contributed by atoms with E-state index in [4.69, 9.17) is 0 Å². The molecular formula is C16H18F2N4O3. The van der Waals surface area contributed by atoms with Gasteiger partial charge in [0.15, 0.2) is 5.60 Å². The quantitative estimate of drug-likeness (QED) is 0.811. The highest BCUT2D eigenvalue weighted by Crippen LogP contribution is 2.32. The van der Waals surface area contributed by atoms with Crippen LogP contribution in [0.4, 0.5) is 8.78 Å². The number of carbonyl (C=O) groups is 1. The van der Waals surface area contributed by atoms with Crippen LogP contribution in [0.3, 0.4) is 0 Å². The van der Waals surface area contributed by atoms with Crippen LogP contribution < -0.4 is 0 Å². The lowest BCUT2D eigenvalue weighted by Gasteiger charge is -2.41. The maximum absolute atomic E-state index is 14.3. The highest BCUT2D eigenvalue weighted by atomic mass is 19.1. The normalized spacial score (nSPS) is 19.6. The van der Waals surface area contributed by atoms with Crippen molar-refractivity contribution in [3.63, 3.8) is 0 Å². The van der Waals surface area contributed by atoms with E-state index in [1.165, 1.54) is 22.2 Å². The van der Waals surface area contributed by atoms with Gasteiger partial charge in [0, 0.05) is 37.6 Å². The molecule has 1 aliphatic rings. The number of carbonyl (C=O) groups excluding carboxylic acids is 1. The molecule has 2 heterocycles. The Labute approximate surface area is 142 Å². The van der Waals surface area contributed by atoms with Crippen LogP contribution in [0.15, 0.2) is 30.9 Å². The predicted octanol–water partition coefficient (Wildman–Crippen LogP) is 0.427. The van der Waals surface area contributed by atoms with Crippen molar-refractivity contribution >= 4 is 5.78 Å². The first-order valence-corrected chi connectivity index (χ1v) is 7.84. The summed E-state index contributed by atoms with van der Waals surface area (Å²) in [4.78, 5) is 16.7. The molecule has 134 valence electrons. The summed E-state index contributed by atoms with van der Waals surface area (Å²) in [7, 11) is 0. The van der Waals surface area contributed by atoms with Gasteiger partial charge >= 0.3 is 0 Å². The van der Waals surface area contributed by atoms with Gasteiger partial charge in [-0.1, -0.05) is 6.07 Å². The van der Waals surface area contributed by atoms with Crippen LogP contribution in [-0.2, 0) is 16.9 Å². The second kappa shape index (κ2) is 6.95. The van der Waals surface area contributed by atoms with Crippen LogP contribution in [0.1, 0.15) is 18.4 Å². The minimum absolute atomic E-state index is 0.0660. The van der Waals surface area contributed by atoms with Gasteiger partial charge in [-0.25, -0.2) is 18.4 Å². The number of likely N-dealkylation sites (tertiary alicyclic amines) is 1. The van der Waals surface area contributed by atoms with E-state index in [0.29, 0.717) is 6.07 Å². The van der Waals surface area contributed by atoms with E-state index in [1.54, 1.807) is 0 Å². The van der Waals surface area contributed by atoms with E-state index in [0.717, 1.165) is 12.1 Å². The van der Waals surface area contributed by atoms with E-state index >= 15 is 0 Å². The standard InChI is InChI=1S/C16H18F2N4O3/c17-11-1-2-13(14(18)7-11)16(25,8-22-10-19-9-20-22)15(24)21-5-3-12(23)4-6-21/h1-2,7,9-10,15,24-25H,3-6,8H2/t15-,16?/m1/s1. The molecule has 0 saturated carbocycles. The minimum atomic E-state index is -2.11. The van der Waals surface area contributed by atoms with Crippen LogP contribution in [0.25, 0.3) is 0 Å². The Balaban J connectivity index is 1.97. The van der Waals surface area contributed by atoms with Gasteiger partial charge in [-0.3, -0.25) is 9.69 Å². The number of Topliss-reactive ketones (excluding diaryl/α,β-unsaturated/α-hetero) is 1. The van der Waals surface area contributed by atoms with Gasteiger partial charge in [0.2, 0.25) is 0 Å². The molecular weight excluding hydrogens is 334 g/mol. The zero-order chi connectivity index (χ0) is 18.0. The summed E-state index contributed by atoms with van der Waals surface area (Å²) in [6.45, 7) is 0.187. The molecule has 25 heavy (non-hydrogen) atoms. The van der Waals surface area contributed by atoms with Gasteiger partial charge in [-0.15, -0.1) is 0 Å². The van der Waals surface area contributed by atoms with E-state index in [9.17, 15) is 23.8 Å². The van der Waals surface area contributed by atoms with Crippen molar-refractivity contribution < 1.29 is 23.8 Å². The number of aliphatic hydroxyl groups excluding tert-OH is 1. The second-order valence-electron chi connectivity index (χ2n) is 6.09. The topological polar surface area (TPSA) is 91.5 Å². The largest absolute Gasteiger partial charge is 0.379 e. The van der Waals surface area contributed by atoms with Crippen LogP contribution >= 0.6 is 0 Å². The highest BCUT2D eigenvalue weighted by molar-refractivity contribution is 5.79. The number of aromatic nitrogens is 3. The fourth-order valence-corrected chi connectivity index (χ4v) is 3.03. The van der Waals surface area contributed by atoms with Gasteiger partial charge in [-0.2, -0.15) is 5.10 Å². The van der Waals surface area contributed by atoms with Crippen molar-refractivity contribution in [2.45, 2.75) is 31.2 Å². The van der Waals surface area contributed by atoms with Crippen molar-refractivity contribution in [3.05, 3.63) is 48.1 Å². The smallest absolute Gasteiger partial charge is 0.151 e. The fraction of sp³-hybridized carbons (Fsp3) is 0.438. The maximum Gasteiger partial charge on any atom is 0.151 e. The lowest BCUT2D eigenvalue weighted by atomic mass is 9.89. The summed E-state index contributed by atoms with van der Waals surface area (Å²) in [5, 5.41) is 25.8. The van der Waals surface area contributed by atoms with E-state index in [2.05, 4.69) is 10.1 Å².